The van der Waals surface area contributed by atoms with Gasteiger partial charge in [-0.1, -0.05) is 148 Å². The first-order valence-electron chi connectivity index (χ1n) is 16.2. The van der Waals surface area contributed by atoms with Crippen LogP contribution in [0.1, 0.15) is 67.2 Å². The molecule has 0 aliphatic rings. The van der Waals surface area contributed by atoms with Crippen molar-refractivity contribution in [1.82, 2.24) is 4.98 Å². The van der Waals surface area contributed by atoms with E-state index in [0.29, 0.717) is 0 Å². The van der Waals surface area contributed by atoms with Crippen LogP contribution in [0.25, 0.3) is 54.3 Å². The van der Waals surface area contributed by atoms with Crippen LogP contribution in [0.5, 0.6) is 0 Å². The van der Waals surface area contributed by atoms with Crippen LogP contribution in [0.4, 0.5) is 0 Å². The van der Waals surface area contributed by atoms with Gasteiger partial charge in [-0.05, 0) is 47.2 Å². The molecule has 46 heavy (non-hydrogen) atoms. The number of aliphatic hydroxyl groups excluding tert-OH is 1. The van der Waals surface area contributed by atoms with Gasteiger partial charge in [-0.25, -0.2) is 0 Å². The zero-order valence-electron chi connectivity index (χ0n) is 27.8. The molecule has 6 rings (SSSR count). The molecule has 239 valence electrons. The quantitative estimate of drug-likeness (QED) is 0.0723. The fourth-order valence-corrected chi connectivity index (χ4v) is 5.89. The molecular weight excluding hydrogens is 743 g/mol. The molecule has 1 N–H and O–H groups in total. The molecule has 0 bridgehead atoms. The van der Waals surface area contributed by atoms with Crippen molar-refractivity contribution in [1.29, 1.82) is 0 Å². The number of nitrogens with zero attached hydrogens (tertiary/aromatic N) is 1. The van der Waals surface area contributed by atoms with Gasteiger partial charge in [0.1, 0.15) is 5.76 Å². The number of aromatic nitrogens is 1. The average molecular weight is 787 g/mol. The Labute approximate surface area is 287 Å². The molecule has 0 aliphatic heterocycles. The van der Waals surface area contributed by atoms with Crippen molar-refractivity contribution in [3.63, 3.8) is 0 Å². The zero-order valence-corrected chi connectivity index (χ0v) is 30.2. The van der Waals surface area contributed by atoms with Crippen molar-refractivity contribution in [3.05, 3.63) is 115 Å². The molecule has 0 atom stereocenters. The van der Waals surface area contributed by atoms with Crippen LogP contribution in [0, 0.1) is 16.9 Å². The van der Waals surface area contributed by atoms with Gasteiger partial charge in [0.15, 0.2) is 5.78 Å². The summed E-state index contributed by atoms with van der Waals surface area (Å²) < 4.78 is 0. The van der Waals surface area contributed by atoms with Crippen molar-refractivity contribution in [2.45, 2.75) is 67.2 Å². The number of ketones is 1. The minimum absolute atomic E-state index is 0. The smallest absolute Gasteiger partial charge is 0.164 e. The van der Waals surface area contributed by atoms with E-state index in [1.807, 2.05) is 47.7 Å². The number of rotatable bonds is 8. The summed E-state index contributed by atoms with van der Waals surface area (Å²) in [6.45, 7) is 12.1. The number of hydrogen-bond acceptors (Lipinski definition) is 3. The zero-order chi connectivity index (χ0) is 32.2. The minimum atomic E-state index is -0.337. The normalized spacial score (nSPS) is 12.2. The van der Waals surface area contributed by atoms with E-state index in [-0.39, 0.29) is 42.5 Å². The molecule has 3 nitrogen and oxygen atoms in total. The molecule has 1 aromatic heterocycles. The molecule has 0 spiro atoms. The summed E-state index contributed by atoms with van der Waals surface area (Å²) in [4.78, 5) is 17.0. The van der Waals surface area contributed by atoms with Gasteiger partial charge >= 0.3 is 0 Å². The summed E-state index contributed by atoms with van der Waals surface area (Å²) >= 11 is 0. The number of hydrogen-bond donors (Lipinski definition) is 1. The van der Waals surface area contributed by atoms with E-state index in [1.165, 1.54) is 38.4 Å². The van der Waals surface area contributed by atoms with Crippen LogP contribution >= 0.6 is 0 Å². The third-order valence-corrected chi connectivity index (χ3v) is 10.2. The summed E-state index contributed by atoms with van der Waals surface area (Å²) in [7, 11) is 0. The summed E-state index contributed by atoms with van der Waals surface area (Å²) in [5.41, 5.74) is 1.42. The topological polar surface area (TPSA) is 50.2 Å². The van der Waals surface area contributed by atoms with E-state index in [4.69, 9.17) is 4.98 Å². The standard InChI is InChI=1S/C27H16N.C15H28O2.Ir/c1-3-9-21-18(7-1)13-14-20-17-28-27(16-25(20)21)26-15-19-8-2-4-10-22(19)23-11-5-6-12-24(23)26;1-7-14(5,8-2)12(16)11-13(17)15(6,9-3)10-4;/h1-14,16-17H;11,16H,7-10H2,1-6H3;/q-1;;/b;12-11-;. The SMILES string of the molecule is CCC(C)(CC)C(=O)/C=C(\O)C(C)(CC)CC.[Ir].[c-]1c(-c2cc3c(ccc4ccccc43)cn2)c2ccccc2c2ccccc12. The Morgan fingerprint density at radius 2 is 1.24 bits per heavy atom. The maximum Gasteiger partial charge on any atom is 0.164 e. The van der Waals surface area contributed by atoms with Gasteiger partial charge in [0.05, 0.1) is 0 Å². The van der Waals surface area contributed by atoms with Gasteiger partial charge in [0, 0.05) is 48.9 Å². The van der Waals surface area contributed by atoms with Crippen LogP contribution < -0.4 is 0 Å². The Morgan fingerprint density at radius 1 is 0.696 bits per heavy atom. The van der Waals surface area contributed by atoms with Crippen LogP contribution in [0.15, 0.2) is 109 Å². The molecule has 0 unspecified atom stereocenters. The van der Waals surface area contributed by atoms with Crippen molar-refractivity contribution in [2.24, 2.45) is 10.8 Å². The summed E-state index contributed by atoms with van der Waals surface area (Å²) in [5.74, 6) is 0.286. The summed E-state index contributed by atoms with van der Waals surface area (Å²) in [6, 6.07) is 35.7. The molecule has 0 aliphatic carbocycles. The second-order valence-corrected chi connectivity index (χ2v) is 12.6. The molecule has 6 aromatic rings. The Morgan fingerprint density at radius 3 is 1.89 bits per heavy atom. The average Bonchev–Trinajstić information content (AvgIpc) is 3.10. The Hall–Kier alpha value is -3.85. The second-order valence-electron chi connectivity index (χ2n) is 12.6. The van der Waals surface area contributed by atoms with E-state index in [1.54, 1.807) is 0 Å². The maximum absolute atomic E-state index is 12.2. The molecule has 1 heterocycles. The largest absolute Gasteiger partial charge is 0.512 e. The number of allylic oxidation sites excluding steroid dienone is 2. The van der Waals surface area contributed by atoms with E-state index < -0.39 is 0 Å². The molecule has 0 amide bonds. The molecule has 4 heteroatoms. The Balaban J connectivity index is 0.000000234. The first-order chi connectivity index (χ1) is 21.7. The van der Waals surface area contributed by atoms with Crippen LogP contribution in [-0.4, -0.2) is 15.9 Å². The van der Waals surface area contributed by atoms with Crippen molar-refractivity contribution in [2.75, 3.05) is 0 Å². The van der Waals surface area contributed by atoms with Crippen LogP contribution in [0.2, 0.25) is 0 Å². The molecule has 5 aromatic carbocycles. The van der Waals surface area contributed by atoms with Gasteiger partial charge in [0.25, 0.3) is 0 Å². The number of pyridine rings is 1. The molecular formula is C42H44IrNO2-. The maximum atomic E-state index is 12.2. The van der Waals surface area contributed by atoms with Gasteiger partial charge in [-0.15, -0.1) is 17.5 Å². The number of aliphatic hydroxyl groups is 1. The Kier molecular flexibility index (Phi) is 11.2. The first-order valence-corrected chi connectivity index (χ1v) is 16.2. The van der Waals surface area contributed by atoms with E-state index >= 15 is 0 Å². The van der Waals surface area contributed by atoms with Gasteiger partial charge < -0.3 is 5.11 Å². The number of carbonyl (C=O) groups excluding carboxylic acids is 1. The fourth-order valence-electron chi connectivity index (χ4n) is 5.89. The number of carbonyl (C=O) groups is 1. The fraction of sp³-hybridized carbons (Fsp3) is 0.286. The van der Waals surface area contributed by atoms with E-state index in [0.717, 1.165) is 47.7 Å². The van der Waals surface area contributed by atoms with Crippen molar-refractivity contribution >= 4 is 48.9 Å². The summed E-state index contributed by atoms with van der Waals surface area (Å²) in [6.07, 6.45) is 6.74. The van der Waals surface area contributed by atoms with Crippen molar-refractivity contribution < 1.29 is 30.0 Å². The molecule has 0 saturated heterocycles. The van der Waals surface area contributed by atoms with Gasteiger partial charge in [0.2, 0.25) is 0 Å². The van der Waals surface area contributed by atoms with Crippen LogP contribution in [0.3, 0.4) is 0 Å². The molecule has 1 radical (unpaired) electrons. The summed E-state index contributed by atoms with van der Waals surface area (Å²) in [5, 5.41) is 19.8. The molecule has 0 fully saturated rings. The van der Waals surface area contributed by atoms with E-state index in [9.17, 15) is 9.90 Å². The minimum Gasteiger partial charge on any atom is -0.512 e. The number of fused-ring (bicyclic) bond motifs is 6. The van der Waals surface area contributed by atoms with E-state index in [2.05, 4.69) is 97.1 Å². The first kappa shape index (κ1) is 35.0. The third kappa shape index (κ3) is 6.80. The van der Waals surface area contributed by atoms with Gasteiger partial charge in [-0.3, -0.25) is 9.78 Å². The van der Waals surface area contributed by atoms with Gasteiger partial charge in [-0.2, -0.15) is 0 Å². The number of benzene rings is 5. The second kappa shape index (κ2) is 14.7. The monoisotopic (exact) mass is 787 g/mol. The van der Waals surface area contributed by atoms with Crippen LogP contribution in [-0.2, 0) is 24.9 Å². The van der Waals surface area contributed by atoms with Crippen molar-refractivity contribution in [3.8, 4) is 11.3 Å². The predicted octanol–water partition coefficient (Wildman–Crippen LogP) is 11.8. The predicted molar refractivity (Wildman–Crippen MR) is 192 cm³/mol. The molecule has 0 saturated carbocycles. The third-order valence-electron chi connectivity index (χ3n) is 10.2. The Bertz CT molecular complexity index is 2020.